The van der Waals surface area contributed by atoms with Crippen LogP contribution in [0.2, 0.25) is 0 Å². The SMILES string of the molecule is O=C(OCCCCCCc1ccccc1)Oc1cccc(-c2ccccc2)c1-c1ccccc1. The summed E-state index contributed by atoms with van der Waals surface area (Å²) < 4.78 is 11.1. The number of hydrogen-bond acceptors (Lipinski definition) is 3. The number of aryl methyl sites for hydroxylation is 1. The smallest absolute Gasteiger partial charge is 0.434 e. The van der Waals surface area contributed by atoms with Crippen molar-refractivity contribution in [2.45, 2.75) is 32.1 Å². The van der Waals surface area contributed by atoms with Crippen LogP contribution >= 0.6 is 0 Å². The van der Waals surface area contributed by atoms with Gasteiger partial charge < -0.3 is 9.47 Å². The van der Waals surface area contributed by atoms with Crippen LogP contribution in [0.1, 0.15) is 31.2 Å². The molecule has 0 radical (unpaired) electrons. The van der Waals surface area contributed by atoms with Crippen molar-refractivity contribution in [1.29, 1.82) is 0 Å². The van der Waals surface area contributed by atoms with Gasteiger partial charge in [0.2, 0.25) is 0 Å². The average Bonchev–Trinajstić information content (AvgIpc) is 2.89. The number of rotatable bonds is 10. The van der Waals surface area contributed by atoms with Crippen molar-refractivity contribution in [2.75, 3.05) is 6.61 Å². The molecule has 4 aromatic carbocycles. The molecule has 0 bridgehead atoms. The molecule has 172 valence electrons. The number of hydrogen-bond donors (Lipinski definition) is 0. The first-order chi connectivity index (χ1) is 16.8. The van der Waals surface area contributed by atoms with Crippen LogP contribution in [0.4, 0.5) is 4.79 Å². The van der Waals surface area contributed by atoms with Gasteiger partial charge in [0.25, 0.3) is 0 Å². The normalized spacial score (nSPS) is 10.6. The average molecular weight is 451 g/mol. The van der Waals surface area contributed by atoms with Crippen molar-refractivity contribution >= 4 is 6.16 Å². The molecule has 3 nitrogen and oxygen atoms in total. The van der Waals surface area contributed by atoms with E-state index < -0.39 is 6.16 Å². The van der Waals surface area contributed by atoms with E-state index in [9.17, 15) is 4.79 Å². The zero-order chi connectivity index (χ0) is 23.4. The van der Waals surface area contributed by atoms with Crippen molar-refractivity contribution in [1.82, 2.24) is 0 Å². The largest absolute Gasteiger partial charge is 0.513 e. The summed E-state index contributed by atoms with van der Waals surface area (Å²) in [6.07, 6.45) is 4.54. The Hall–Kier alpha value is -3.85. The third kappa shape index (κ3) is 6.58. The molecule has 0 amide bonds. The maximum atomic E-state index is 12.5. The Morgan fingerprint density at radius 3 is 1.91 bits per heavy atom. The molecular weight excluding hydrogens is 420 g/mol. The Kier molecular flexibility index (Phi) is 8.51. The molecule has 3 heteroatoms. The van der Waals surface area contributed by atoms with Gasteiger partial charge in [-0.25, -0.2) is 4.79 Å². The van der Waals surface area contributed by atoms with Gasteiger partial charge >= 0.3 is 6.16 Å². The van der Waals surface area contributed by atoms with Crippen molar-refractivity contribution in [3.63, 3.8) is 0 Å². The maximum Gasteiger partial charge on any atom is 0.513 e. The standard InChI is InChI=1S/C31H30O3/c32-31(33-24-13-2-1-6-15-25-16-7-3-8-17-25)34-29-23-14-22-28(26-18-9-4-10-19-26)30(29)27-20-11-5-12-21-27/h3-5,7-12,14,16-23H,1-2,6,13,15,24H2. The lowest BCUT2D eigenvalue weighted by atomic mass is 9.94. The molecule has 0 atom stereocenters. The summed E-state index contributed by atoms with van der Waals surface area (Å²) in [5.74, 6) is 0.500. The second-order valence-corrected chi connectivity index (χ2v) is 8.26. The molecule has 0 aliphatic rings. The minimum Gasteiger partial charge on any atom is -0.434 e. The summed E-state index contributed by atoms with van der Waals surface area (Å²) in [5.41, 5.74) is 5.32. The van der Waals surface area contributed by atoms with Gasteiger partial charge in [0, 0.05) is 5.56 Å². The van der Waals surface area contributed by atoms with Crippen LogP contribution < -0.4 is 4.74 Å². The second kappa shape index (κ2) is 12.4. The Labute approximate surface area is 202 Å². The first-order valence-corrected chi connectivity index (χ1v) is 11.9. The molecule has 0 fully saturated rings. The second-order valence-electron chi connectivity index (χ2n) is 8.26. The molecular formula is C31H30O3. The summed E-state index contributed by atoms with van der Waals surface area (Å²) in [6.45, 7) is 0.364. The fourth-order valence-corrected chi connectivity index (χ4v) is 4.08. The molecule has 4 rings (SSSR count). The summed E-state index contributed by atoms with van der Waals surface area (Å²) in [4.78, 5) is 12.5. The number of benzene rings is 4. The molecule has 0 saturated heterocycles. The topological polar surface area (TPSA) is 35.5 Å². The molecule has 0 heterocycles. The fraction of sp³-hybridized carbons (Fsp3) is 0.194. The van der Waals surface area contributed by atoms with E-state index in [-0.39, 0.29) is 0 Å². The van der Waals surface area contributed by atoms with Gasteiger partial charge in [0.05, 0.1) is 6.61 Å². The lowest BCUT2D eigenvalue weighted by Crippen LogP contribution is -2.12. The summed E-state index contributed by atoms with van der Waals surface area (Å²) in [5, 5.41) is 0. The Bertz CT molecular complexity index is 1160. The minimum atomic E-state index is -0.660. The quantitative estimate of drug-likeness (QED) is 0.138. The van der Waals surface area contributed by atoms with Gasteiger partial charge in [-0.1, -0.05) is 116 Å². The molecule has 4 aromatic rings. The highest BCUT2D eigenvalue weighted by atomic mass is 16.7. The van der Waals surface area contributed by atoms with E-state index in [2.05, 4.69) is 36.4 Å². The number of carbonyl (C=O) groups excluding carboxylic acids is 1. The van der Waals surface area contributed by atoms with E-state index in [4.69, 9.17) is 9.47 Å². The molecule has 0 aliphatic heterocycles. The van der Waals surface area contributed by atoms with Crippen molar-refractivity contribution in [2.24, 2.45) is 0 Å². The monoisotopic (exact) mass is 450 g/mol. The Balaban J connectivity index is 1.33. The zero-order valence-corrected chi connectivity index (χ0v) is 19.4. The lowest BCUT2D eigenvalue weighted by Gasteiger charge is -2.15. The zero-order valence-electron chi connectivity index (χ0n) is 19.4. The Morgan fingerprint density at radius 2 is 1.21 bits per heavy atom. The van der Waals surface area contributed by atoms with E-state index in [0.29, 0.717) is 12.4 Å². The van der Waals surface area contributed by atoms with Crippen LogP contribution in [0.3, 0.4) is 0 Å². The maximum absolute atomic E-state index is 12.5. The van der Waals surface area contributed by atoms with Gasteiger partial charge in [-0.05, 0) is 47.6 Å². The van der Waals surface area contributed by atoms with E-state index in [1.165, 1.54) is 5.56 Å². The van der Waals surface area contributed by atoms with Gasteiger partial charge in [0.1, 0.15) is 5.75 Å². The van der Waals surface area contributed by atoms with E-state index in [0.717, 1.165) is 54.4 Å². The highest BCUT2D eigenvalue weighted by Crippen LogP contribution is 2.39. The first-order valence-electron chi connectivity index (χ1n) is 11.9. The highest BCUT2D eigenvalue weighted by Gasteiger charge is 2.16. The number of unbranched alkanes of at least 4 members (excludes halogenated alkanes) is 3. The van der Waals surface area contributed by atoms with Gasteiger partial charge in [-0.15, -0.1) is 0 Å². The van der Waals surface area contributed by atoms with Crippen LogP contribution in [0.25, 0.3) is 22.3 Å². The van der Waals surface area contributed by atoms with Crippen LogP contribution in [0.5, 0.6) is 5.75 Å². The third-order valence-corrected chi connectivity index (χ3v) is 5.79. The van der Waals surface area contributed by atoms with Gasteiger partial charge in [-0.2, -0.15) is 0 Å². The van der Waals surface area contributed by atoms with E-state index >= 15 is 0 Å². The highest BCUT2D eigenvalue weighted by molar-refractivity contribution is 5.88. The Morgan fingerprint density at radius 1 is 0.588 bits per heavy atom. The predicted molar refractivity (Wildman–Crippen MR) is 138 cm³/mol. The molecule has 0 spiro atoms. The first kappa shape index (κ1) is 23.3. The van der Waals surface area contributed by atoms with Gasteiger partial charge in [0.15, 0.2) is 0 Å². The molecule has 0 saturated carbocycles. The predicted octanol–water partition coefficient (Wildman–Crippen LogP) is 8.34. The minimum absolute atomic E-state index is 0.364. The molecule has 0 unspecified atom stereocenters. The van der Waals surface area contributed by atoms with Crippen LogP contribution in [-0.2, 0) is 11.2 Å². The molecule has 0 aromatic heterocycles. The third-order valence-electron chi connectivity index (χ3n) is 5.79. The van der Waals surface area contributed by atoms with E-state index in [1.807, 2.05) is 72.8 Å². The van der Waals surface area contributed by atoms with E-state index in [1.54, 1.807) is 0 Å². The number of ether oxygens (including phenoxy) is 2. The molecule has 0 aliphatic carbocycles. The fourth-order valence-electron chi connectivity index (χ4n) is 4.08. The van der Waals surface area contributed by atoms with Crippen LogP contribution in [-0.4, -0.2) is 12.8 Å². The van der Waals surface area contributed by atoms with Crippen molar-refractivity contribution in [3.8, 4) is 28.0 Å². The van der Waals surface area contributed by atoms with Crippen molar-refractivity contribution in [3.05, 3.63) is 115 Å². The molecule has 34 heavy (non-hydrogen) atoms. The van der Waals surface area contributed by atoms with Crippen LogP contribution in [0, 0.1) is 0 Å². The van der Waals surface area contributed by atoms with Crippen LogP contribution in [0.15, 0.2) is 109 Å². The molecule has 0 N–H and O–H groups in total. The number of carbonyl (C=O) groups is 1. The van der Waals surface area contributed by atoms with Crippen molar-refractivity contribution < 1.29 is 14.3 Å². The van der Waals surface area contributed by atoms with Gasteiger partial charge in [-0.3, -0.25) is 0 Å². The summed E-state index contributed by atoms with van der Waals surface area (Å²) in [6, 6.07) is 36.4. The summed E-state index contributed by atoms with van der Waals surface area (Å²) in [7, 11) is 0. The summed E-state index contributed by atoms with van der Waals surface area (Å²) >= 11 is 0. The lowest BCUT2D eigenvalue weighted by molar-refractivity contribution is 0.0975.